The molecular formula is C15H22N2O3S. The first-order valence-electron chi connectivity index (χ1n) is 7.44. The number of aliphatic carboxylic acids is 1. The molecular weight excluding hydrogens is 288 g/mol. The van der Waals surface area contributed by atoms with E-state index in [0.29, 0.717) is 19.6 Å². The van der Waals surface area contributed by atoms with Crippen molar-refractivity contribution >= 4 is 23.3 Å². The summed E-state index contributed by atoms with van der Waals surface area (Å²) in [7, 11) is 0. The minimum Gasteiger partial charge on any atom is -0.479 e. The van der Waals surface area contributed by atoms with Gasteiger partial charge in [-0.05, 0) is 36.8 Å². The summed E-state index contributed by atoms with van der Waals surface area (Å²) in [5, 5.41) is 11.5. The molecule has 0 aliphatic carbocycles. The van der Waals surface area contributed by atoms with E-state index in [1.165, 1.54) is 4.90 Å². The van der Waals surface area contributed by atoms with Crippen molar-refractivity contribution in [3.05, 3.63) is 21.9 Å². The van der Waals surface area contributed by atoms with Gasteiger partial charge < -0.3 is 14.9 Å². The lowest BCUT2D eigenvalue weighted by Crippen LogP contribution is -2.49. The quantitative estimate of drug-likeness (QED) is 0.909. The third kappa shape index (κ3) is 3.20. The lowest BCUT2D eigenvalue weighted by atomic mass is 10.0. The van der Waals surface area contributed by atoms with Crippen LogP contribution in [0.4, 0.5) is 4.79 Å². The molecule has 2 heterocycles. The Bertz CT molecular complexity index is 515. The summed E-state index contributed by atoms with van der Waals surface area (Å²) in [4.78, 5) is 28.7. The van der Waals surface area contributed by atoms with Crippen molar-refractivity contribution in [3.8, 4) is 0 Å². The molecule has 1 aromatic heterocycles. The van der Waals surface area contributed by atoms with Gasteiger partial charge in [0.05, 0.1) is 0 Å². The van der Waals surface area contributed by atoms with E-state index in [4.69, 9.17) is 0 Å². The molecule has 2 rings (SSSR count). The number of fused-ring (bicyclic) bond motifs is 1. The normalized spacial score (nSPS) is 17.4. The first-order chi connectivity index (χ1) is 10.1. The minimum absolute atomic E-state index is 0.157. The number of carbonyl (C=O) groups is 2. The number of hydrogen-bond acceptors (Lipinski definition) is 3. The van der Waals surface area contributed by atoms with Gasteiger partial charge in [-0.15, -0.1) is 11.3 Å². The van der Waals surface area contributed by atoms with Crippen molar-refractivity contribution in [2.24, 2.45) is 0 Å². The second-order valence-electron chi connectivity index (χ2n) is 5.20. The van der Waals surface area contributed by atoms with Gasteiger partial charge in [0.15, 0.2) is 6.04 Å². The topological polar surface area (TPSA) is 60.9 Å². The van der Waals surface area contributed by atoms with Crippen LogP contribution in [-0.4, -0.2) is 46.5 Å². The molecule has 116 valence electrons. The Morgan fingerprint density at radius 2 is 2.24 bits per heavy atom. The number of carboxylic acid groups (broad SMARTS) is 1. The van der Waals surface area contributed by atoms with Gasteiger partial charge in [0, 0.05) is 24.5 Å². The number of hydrogen-bond donors (Lipinski definition) is 1. The highest BCUT2D eigenvalue weighted by molar-refractivity contribution is 7.10. The van der Waals surface area contributed by atoms with Gasteiger partial charge >= 0.3 is 12.0 Å². The molecule has 1 aliphatic heterocycles. The average molecular weight is 310 g/mol. The summed E-state index contributed by atoms with van der Waals surface area (Å²) >= 11 is 1.57. The van der Waals surface area contributed by atoms with Gasteiger partial charge in [0.25, 0.3) is 0 Å². The number of unbranched alkanes of at least 4 members (excludes halogenated alkanes) is 1. The molecule has 2 amide bonds. The molecule has 5 nitrogen and oxygen atoms in total. The molecule has 1 N–H and O–H groups in total. The van der Waals surface area contributed by atoms with Crippen LogP contribution in [0.3, 0.4) is 0 Å². The summed E-state index contributed by atoms with van der Waals surface area (Å²) in [5.41, 5.74) is 0.777. The molecule has 0 saturated carbocycles. The molecule has 0 radical (unpaired) electrons. The van der Waals surface area contributed by atoms with Gasteiger partial charge in [0.1, 0.15) is 0 Å². The largest absolute Gasteiger partial charge is 0.479 e. The maximum absolute atomic E-state index is 12.7. The Balaban J connectivity index is 2.22. The number of amides is 2. The SMILES string of the molecule is CCCCN(CC)C(=O)N1CCc2sccc2C1C(=O)O. The van der Waals surface area contributed by atoms with Gasteiger partial charge in [0.2, 0.25) is 0 Å². The Morgan fingerprint density at radius 3 is 2.86 bits per heavy atom. The van der Waals surface area contributed by atoms with Crippen molar-refractivity contribution in [2.75, 3.05) is 19.6 Å². The van der Waals surface area contributed by atoms with Crippen molar-refractivity contribution in [3.63, 3.8) is 0 Å². The predicted molar refractivity (Wildman–Crippen MR) is 82.7 cm³/mol. The van der Waals surface area contributed by atoms with Gasteiger partial charge in [-0.25, -0.2) is 9.59 Å². The Kier molecular flexibility index (Phi) is 5.22. The Morgan fingerprint density at radius 1 is 1.48 bits per heavy atom. The number of thiophene rings is 1. The molecule has 21 heavy (non-hydrogen) atoms. The molecule has 1 aromatic rings. The number of nitrogens with zero attached hydrogens (tertiary/aromatic N) is 2. The van der Waals surface area contributed by atoms with Crippen LogP contribution in [0.15, 0.2) is 11.4 Å². The van der Waals surface area contributed by atoms with Crippen LogP contribution in [0.2, 0.25) is 0 Å². The molecule has 0 aromatic carbocycles. The lowest BCUT2D eigenvalue weighted by molar-refractivity contribution is -0.143. The second-order valence-corrected chi connectivity index (χ2v) is 6.20. The zero-order valence-electron chi connectivity index (χ0n) is 12.5. The van der Waals surface area contributed by atoms with E-state index in [2.05, 4.69) is 6.92 Å². The highest BCUT2D eigenvalue weighted by Crippen LogP contribution is 2.34. The second kappa shape index (κ2) is 6.93. The monoisotopic (exact) mass is 310 g/mol. The van der Waals surface area contributed by atoms with Crippen molar-refractivity contribution < 1.29 is 14.7 Å². The van der Waals surface area contributed by atoms with Gasteiger partial charge in [-0.2, -0.15) is 0 Å². The van der Waals surface area contributed by atoms with Crippen molar-refractivity contribution in [2.45, 2.75) is 39.2 Å². The van der Waals surface area contributed by atoms with Crippen LogP contribution >= 0.6 is 11.3 Å². The summed E-state index contributed by atoms with van der Waals surface area (Å²) < 4.78 is 0. The van der Waals surface area contributed by atoms with Crippen LogP contribution in [0.1, 0.15) is 43.2 Å². The zero-order valence-corrected chi connectivity index (χ0v) is 13.4. The predicted octanol–water partition coefficient (Wildman–Crippen LogP) is 2.97. The zero-order chi connectivity index (χ0) is 15.4. The fourth-order valence-corrected chi connectivity index (χ4v) is 3.61. The maximum Gasteiger partial charge on any atom is 0.331 e. The number of urea groups is 1. The Hall–Kier alpha value is -1.56. The number of carbonyl (C=O) groups excluding carboxylic acids is 1. The Labute approximate surface area is 129 Å². The van der Waals surface area contributed by atoms with E-state index in [-0.39, 0.29) is 6.03 Å². The van der Waals surface area contributed by atoms with Crippen LogP contribution in [0.25, 0.3) is 0 Å². The smallest absolute Gasteiger partial charge is 0.331 e. The van der Waals surface area contributed by atoms with E-state index in [9.17, 15) is 14.7 Å². The van der Waals surface area contributed by atoms with E-state index in [0.717, 1.165) is 29.7 Å². The summed E-state index contributed by atoms with van der Waals surface area (Å²) in [6.45, 7) is 5.79. The molecule has 0 spiro atoms. The first kappa shape index (κ1) is 15.8. The number of rotatable bonds is 5. The van der Waals surface area contributed by atoms with Crippen LogP contribution in [0.5, 0.6) is 0 Å². The van der Waals surface area contributed by atoms with E-state index >= 15 is 0 Å². The van der Waals surface area contributed by atoms with Gasteiger partial charge in [-0.1, -0.05) is 13.3 Å². The number of carboxylic acids is 1. The third-order valence-corrected chi connectivity index (χ3v) is 4.88. The highest BCUT2D eigenvalue weighted by atomic mass is 32.1. The molecule has 0 fully saturated rings. The summed E-state index contributed by atoms with van der Waals surface area (Å²) in [6.07, 6.45) is 2.70. The first-order valence-corrected chi connectivity index (χ1v) is 8.32. The molecule has 1 atom stereocenters. The molecule has 0 bridgehead atoms. The van der Waals surface area contributed by atoms with Crippen LogP contribution < -0.4 is 0 Å². The van der Waals surface area contributed by atoms with Crippen LogP contribution in [0, 0.1) is 0 Å². The fourth-order valence-electron chi connectivity index (χ4n) is 2.71. The standard InChI is InChI=1S/C15H22N2O3S/c1-3-5-8-16(4-2)15(20)17-9-6-12-11(7-10-21-12)13(17)14(18)19/h7,10,13H,3-6,8-9H2,1-2H3,(H,18,19). The molecule has 6 heteroatoms. The third-order valence-electron chi connectivity index (χ3n) is 3.88. The summed E-state index contributed by atoms with van der Waals surface area (Å²) in [5.74, 6) is -0.950. The molecule has 1 unspecified atom stereocenters. The minimum atomic E-state index is -0.950. The fraction of sp³-hybridized carbons (Fsp3) is 0.600. The van der Waals surface area contributed by atoms with Crippen LogP contribution in [-0.2, 0) is 11.2 Å². The van der Waals surface area contributed by atoms with Gasteiger partial charge in [-0.3, -0.25) is 0 Å². The van der Waals surface area contributed by atoms with E-state index in [1.54, 1.807) is 16.2 Å². The lowest BCUT2D eigenvalue weighted by Gasteiger charge is -2.36. The van der Waals surface area contributed by atoms with Crippen molar-refractivity contribution in [1.82, 2.24) is 9.80 Å². The van der Waals surface area contributed by atoms with Crippen molar-refractivity contribution in [1.29, 1.82) is 0 Å². The van der Waals surface area contributed by atoms with E-state index in [1.807, 2.05) is 18.4 Å². The summed E-state index contributed by atoms with van der Waals surface area (Å²) in [6, 6.07) is 0.832. The maximum atomic E-state index is 12.7. The molecule has 1 aliphatic rings. The highest BCUT2D eigenvalue weighted by Gasteiger charge is 2.37. The molecule has 0 saturated heterocycles. The van der Waals surface area contributed by atoms with E-state index < -0.39 is 12.0 Å². The average Bonchev–Trinajstić information content (AvgIpc) is 2.94.